The van der Waals surface area contributed by atoms with Crippen LogP contribution in [-0.2, 0) is 16.1 Å². The molecule has 3 rings (SSSR count). The summed E-state index contributed by atoms with van der Waals surface area (Å²) in [6, 6.07) is 16.7. The molecule has 164 valence electrons. The number of nitrogens with zero attached hydrogens (tertiary/aromatic N) is 1. The standard InChI is InChI=1S/C23H18ClNO7/c1-2-30-22(26)16-8-6-15(7-9-16)14-31-23(27)17-10-12-18(13-11-17)32-21-19(24)4-3-5-20(21)25(28)29/h3-13H,2,14H2,1H3. The maximum Gasteiger partial charge on any atom is 0.338 e. The summed E-state index contributed by atoms with van der Waals surface area (Å²) in [5.74, 6) is -0.789. The normalized spacial score (nSPS) is 10.3. The number of para-hydroxylation sites is 1. The Morgan fingerprint density at radius 3 is 2.09 bits per heavy atom. The Kier molecular flexibility index (Phi) is 7.41. The van der Waals surface area contributed by atoms with E-state index in [2.05, 4.69) is 0 Å². The summed E-state index contributed by atoms with van der Waals surface area (Å²) in [5.41, 5.74) is 1.12. The number of ether oxygens (including phenoxy) is 3. The molecule has 9 heteroatoms. The van der Waals surface area contributed by atoms with Crippen LogP contribution in [0.15, 0.2) is 66.7 Å². The quantitative estimate of drug-likeness (QED) is 0.248. The van der Waals surface area contributed by atoms with Crippen LogP contribution in [0, 0.1) is 10.1 Å². The van der Waals surface area contributed by atoms with Crippen molar-refractivity contribution in [3.8, 4) is 11.5 Å². The topological polar surface area (TPSA) is 105 Å². The molecule has 0 aliphatic carbocycles. The van der Waals surface area contributed by atoms with Crippen molar-refractivity contribution in [2.45, 2.75) is 13.5 Å². The van der Waals surface area contributed by atoms with Crippen LogP contribution in [-0.4, -0.2) is 23.5 Å². The molecule has 0 radical (unpaired) electrons. The largest absolute Gasteiger partial charge is 0.462 e. The summed E-state index contributed by atoms with van der Waals surface area (Å²) in [5, 5.41) is 11.3. The molecule has 0 saturated heterocycles. The Balaban J connectivity index is 1.61. The molecule has 0 atom stereocenters. The Morgan fingerprint density at radius 2 is 1.50 bits per heavy atom. The van der Waals surface area contributed by atoms with Gasteiger partial charge < -0.3 is 14.2 Å². The molecular formula is C23H18ClNO7. The van der Waals surface area contributed by atoms with E-state index in [9.17, 15) is 19.7 Å². The van der Waals surface area contributed by atoms with Crippen molar-refractivity contribution in [2.75, 3.05) is 6.61 Å². The molecular weight excluding hydrogens is 438 g/mol. The molecule has 0 fully saturated rings. The van der Waals surface area contributed by atoms with Gasteiger partial charge in [0.05, 0.1) is 27.7 Å². The number of hydrogen-bond donors (Lipinski definition) is 0. The minimum absolute atomic E-state index is 0.0198. The summed E-state index contributed by atoms with van der Waals surface area (Å²) in [6.45, 7) is 2.04. The van der Waals surface area contributed by atoms with Crippen LogP contribution >= 0.6 is 11.6 Å². The van der Waals surface area contributed by atoms with Gasteiger partial charge in [0, 0.05) is 6.07 Å². The second-order valence-electron chi connectivity index (χ2n) is 6.47. The monoisotopic (exact) mass is 455 g/mol. The highest BCUT2D eigenvalue weighted by Crippen LogP contribution is 2.37. The van der Waals surface area contributed by atoms with Crippen LogP contribution in [0.5, 0.6) is 11.5 Å². The van der Waals surface area contributed by atoms with Crippen molar-refractivity contribution in [3.63, 3.8) is 0 Å². The van der Waals surface area contributed by atoms with Crippen LogP contribution in [0.4, 0.5) is 5.69 Å². The van der Waals surface area contributed by atoms with E-state index < -0.39 is 16.9 Å². The van der Waals surface area contributed by atoms with E-state index >= 15 is 0 Å². The third kappa shape index (κ3) is 5.61. The van der Waals surface area contributed by atoms with E-state index in [1.54, 1.807) is 31.2 Å². The van der Waals surface area contributed by atoms with E-state index in [1.165, 1.54) is 42.5 Å². The Labute approximate surface area is 188 Å². The Hall–Kier alpha value is -3.91. The lowest BCUT2D eigenvalue weighted by Gasteiger charge is -2.09. The average Bonchev–Trinajstić information content (AvgIpc) is 2.79. The van der Waals surface area contributed by atoms with Crippen LogP contribution in [0.25, 0.3) is 0 Å². The van der Waals surface area contributed by atoms with Gasteiger partial charge in [0.1, 0.15) is 12.4 Å². The van der Waals surface area contributed by atoms with Crippen LogP contribution < -0.4 is 4.74 Å². The van der Waals surface area contributed by atoms with Gasteiger partial charge in [-0.3, -0.25) is 10.1 Å². The number of carbonyl (C=O) groups excluding carboxylic acids is 2. The zero-order chi connectivity index (χ0) is 23.1. The molecule has 32 heavy (non-hydrogen) atoms. The summed E-state index contributed by atoms with van der Waals surface area (Å²) < 4.78 is 15.8. The third-order valence-electron chi connectivity index (χ3n) is 4.29. The van der Waals surface area contributed by atoms with Crippen molar-refractivity contribution in [1.29, 1.82) is 0 Å². The molecule has 0 unspecified atom stereocenters. The molecule has 0 spiro atoms. The zero-order valence-electron chi connectivity index (χ0n) is 16.9. The molecule has 8 nitrogen and oxygen atoms in total. The van der Waals surface area contributed by atoms with Crippen molar-refractivity contribution in [3.05, 3.63) is 98.6 Å². The number of hydrogen-bond acceptors (Lipinski definition) is 7. The highest BCUT2D eigenvalue weighted by Gasteiger charge is 2.19. The number of rotatable bonds is 8. The fraction of sp³-hybridized carbons (Fsp3) is 0.130. The van der Waals surface area contributed by atoms with Gasteiger partial charge in [0.25, 0.3) is 0 Å². The second-order valence-corrected chi connectivity index (χ2v) is 6.87. The van der Waals surface area contributed by atoms with Gasteiger partial charge in [-0.2, -0.15) is 0 Å². The molecule has 0 N–H and O–H groups in total. The van der Waals surface area contributed by atoms with E-state index in [4.69, 9.17) is 25.8 Å². The number of benzene rings is 3. The zero-order valence-corrected chi connectivity index (χ0v) is 17.7. The van der Waals surface area contributed by atoms with Crippen molar-refractivity contribution in [2.24, 2.45) is 0 Å². The first-order chi connectivity index (χ1) is 15.4. The second kappa shape index (κ2) is 10.4. The van der Waals surface area contributed by atoms with Crippen LogP contribution in [0.1, 0.15) is 33.2 Å². The van der Waals surface area contributed by atoms with Gasteiger partial charge in [0.2, 0.25) is 5.75 Å². The highest BCUT2D eigenvalue weighted by atomic mass is 35.5. The molecule has 0 aliphatic heterocycles. The first kappa shape index (κ1) is 22.8. The SMILES string of the molecule is CCOC(=O)c1ccc(COC(=O)c2ccc(Oc3c(Cl)cccc3[N+](=O)[O-])cc2)cc1. The predicted molar refractivity (Wildman–Crippen MR) is 116 cm³/mol. The highest BCUT2D eigenvalue weighted by molar-refractivity contribution is 6.32. The maximum absolute atomic E-state index is 12.3. The van der Waals surface area contributed by atoms with Gasteiger partial charge in [0.15, 0.2) is 0 Å². The predicted octanol–water partition coefficient (Wildman–Crippen LogP) is 5.57. The van der Waals surface area contributed by atoms with Gasteiger partial charge in [-0.15, -0.1) is 0 Å². The molecule has 0 bridgehead atoms. The number of nitro benzene ring substituents is 1. The molecule has 0 heterocycles. The summed E-state index contributed by atoms with van der Waals surface area (Å²) in [6.07, 6.45) is 0. The molecule has 3 aromatic carbocycles. The van der Waals surface area contributed by atoms with Gasteiger partial charge in [-0.25, -0.2) is 9.59 Å². The van der Waals surface area contributed by atoms with E-state index in [0.29, 0.717) is 11.1 Å². The number of esters is 2. The molecule has 0 aliphatic rings. The molecule has 3 aromatic rings. The maximum atomic E-state index is 12.3. The van der Waals surface area contributed by atoms with Crippen LogP contribution in [0.2, 0.25) is 5.02 Å². The first-order valence-electron chi connectivity index (χ1n) is 9.53. The van der Waals surface area contributed by atoms with Crippen LogP contribution in [0.3, 0.4) is 0 Å². The van der Waals surface area contributed by atoms with Crippen molar-refractivity contribution in [1.82, 2.24) is 0 Å². The number of carbonyl (C=O) groups is 2. The fourth-order valence-corrected chi connectivity index (χ4v) is 2.91. The van der Waals surface area contributed by atoms with E-state index in [0.717, 1.165) is 0 Å². The van der Waals surface area contributed by atoms with Crippen molar-refractivity contribution >= 4 is 29.2 Å². The smallest absolute Gasteiger partial charge is 0.338 e. The van der Waals surface area contributed by atoms with Crippen molar-refractivity contribution < 1.29 is 28.7 Å². The lowest BCUT2D eigenvalue weighted by atomic mass is 10.1. The minimum Gasteiger partial charge on any atom is -0.462 e. The Bertz CT molecular complexity index is 1130. The summed E-state index contributed by atoms with van der Waals surface area (Å²) >= 11 is 6.02. The van der Waals surface area contributed by atoms with Gasteiger partial charge >= 0.3 is 17.6 Å². The number of halogens is 1. The first-order valence-corrected chi connectivity index (χ1v) is 9.91. The Morgan fingerprint density at radius 1 is 0.906 bits per heavy atom. The van der Waals surface area contributed by atoms with E-state index in [1.807, 2.05) is 0 Å². The number of nitro groups is 1. The molecule has 0 saturated carbocycles. The third-order valence-corrected chi connectivity index (χ3v) is 4.59. The lowest BCUT2D eigenvalue weighted by Crippen LogP contribution is -2.06. The lowest BCUT2D eigenvalue weighted by molar-refractivity contribution is -0.385. The molecule has 0 amide bonds. The van der Waals surface area contributed by atoms with Gasteiger partial charge in [-0.05, 0) is 55.0 Å². The minimum atomic E-state index is -0.591. The fourth-order valence-electron chi connectivity index (χ4n) is 2.70. The average molecular weight is 456 g/mol. The van der Waals surface area contributed by atoms with Gasteiger partial charge in [-0.1, -0.05) is 29.8 Å². The molecule has 0 aromatic heterocycles. The summed E-state index contributed by atoms with van der Waals surface area (Å²) in [4.78, 5) is 34.5. The summed E-state index contributed by atoms with van der Waals surface area (Å²) in [7, 11) is 0. The van der Waals surface area contributed by atoms with E-state index in [-0.39, 0.29) is 41.0 Å².